The molecule has 5 rings (SSSR count). The average molecular weight is 407 g/mol. The quantitative estimate of drug-likeness (QED) is 0.445. The minimum absolute atomic E-state index is 0.0575. The monoisotopic (exact) mass is 407 g/mol. The largest absolute Gasteiger partial charge is 0.467 e. The average Bonchev–Trinajstić information content (AvgIpc) is 3.14. The third-order valence-electron chi connectivity index (χ3n) is 5.09. The van der Waals surface area contributed by atoms with Gasteiger partial charge in [0.05, 0.1) is 18.1 Å². The SMILES string of the molecule is C[C@@H](NC(=O)CSc1nnc(-c2c[nH]c3ccccc23)n1C1CC1)c1ccco1. The number of benzene rings is 1. The smallest absolute Gasteiger partial charge is 0.231 e. The molecule has 1 fully saturated rings. The first-order chi connectivity index (χ1) is 14.2. The predicted octanol–water partition coefficient (Wildman–Crippen LogP) is 4.32. The van der Waals surface area contributed by atoms with Crippen molar-refractivity contribution in [2.24, 2.45) is 0 Å². The van der Waals surface area contributed by atoms with Gasteiger partial charge in [-0.05, 0) is 38.0 Å². The molecule has 1 aliphatic carbocycles. The number of fused-ring (bicyclic) bond motifs is 1. The molecular formula is C21H21N5O2S. The maximum Gasteiger partial charge on any atom is 0.231 e. The topological polar surface area (TPSA) is 88.7 Å². The summed E-state index contributed by atoms with van der Waals surface area (Å²) in [5.74, 6) is 1.82. The van der Waals surface area contributed by atoms with Gasteiger partial charge in [-0.25, -0.2) is 0 Å². The molecule has 0 saturated heterocycles. The molecule has 3 aromatic heterocycles. The van der Waals surface area contributed by atoms with Gasteiger partial charge < -0.3 is 14.7 Å². The highest BCUT2D eigenvalue weighted by Gasteiger charge is 2.31. The fourth-order valence-corrected chi connectivity index (χ4v) is 4.32. The van der Waals surface area contributed by atoms with Crippen LogP contribution >= 0.6 is 11.8 Å². The molecule has 2 N–H and O–H groups in total. The zero-order valence-electron chi connectivity index (χ0n) is 16.0. The van der Waals surface area contributed by atoms with E-state index in [0.29, 0.717) is 6.04 Å². The lowest BCUT2D eigenvalue weighted by molar-refractivity contribution is -0.119. The number of H-pyrrole nitrogens is 1. The summed E-state index contributed by atoms with van der Waals surface area (Å²) in [6.45, 7) is 1.91. The standard InChI is InChI=1S/C21H21N5O2S/c1-13(18-7-4-10-28-18)23-19(27)12-29-21-25-24-20(26(21)14-8-9-14)16-11-22-17-6-3-2-5-15(16)17/h2-7,10-11,13-14,22H,8-9,12H2,1H3,(H,23,27)/t13-/m1/s1. The second-order valence-corrected chi connectivity index (χ2v) is 8.19. The Balaban J connectivity index is 1.34. The van der Waals surface area contributed by atoms with Gasteiger partial charge in [-0.15, -0.1) is 10.2 Å². The Kier molecular flexibility index (Phi) is 4.63. The van der Waals surface area contributed by atoms with Crippen LogP contribution in [0.25, 0.3) is 22.3 Å². The second kappa shape index (κ2) is 7.44. The van der Waals surface area contributed by atoms with Gasteiger partial charge in [-0.2, -0.15) is 0 Å². The second-order valence-electron chi connectivity index (χ2n) is 7.25. The van der Waals surface area contributed by atoms with Crippen LogP contribution in [0.3, 0.4) is 0 Å². The van der Waals surface area contributed by atoms with Crippen LogP contribution in [0.2, 0.25) is 0 Å². The van der Waals surface area contributed by atoms with E-state index >= 15 is 0 Å². The van der Waals surface area contributed by atoms with Crippen molar-refractivity contribution in [3.05, 3.63) is 54.6 Å². The van der Waals surface area contributed by atoms with E-state index in [2.05, 4.69) is 37.2 Å². The van der Waals surface area contributed by atoms with Crippen molar-refractivity contribution in [2.45, 2.75) is 37.0 Å². The van der Waals surface area contributed by atoms with Crippen molar-refractivity contribution in [2.75, 3.05) is 5.75 Å². The van der Waals surface area contributed by atoms with Crippen LogP contribution in [0.4, 0.5) is 0 Å². The lowest BCUT2D eigenvalue weighted by atomic mass is 10.1. The van der Waals surface area contributed by atoms with Gasteiger partial charge in [0.1, 0.15) is 5.76 Å². The van der Waals surface area contributed by atoms with Gasteiger partial charge in [0.15, 0.2) is 11.0 Å². The summed E-state index contributed by atoms with van der Waals surface area (Å²) < 4.78 is 7.53. The van der Waals surface area contributed by atoms with Crippen LogP contribution in [0.5, 0.6) is 0 Å². The molecule has 1 atom stereocenters. The van der Waals surface area contributed by atoms with Crippen molar-refractivity contribution in [1.82, 2.24) is 25.1 Å². The van der Waals surface area contributed by atoms with E-state index in [9.17, 15) is 4.79 Å². The first kappa shape index (κ1) is 18.1. The molecule has 3 heterocycles. The maximum atomic E-state index is 12.4. The number of nitrogens with zero attached hydrogens (tertiary/aromatic N) is 3. The van der Waals surface area contributed by atoms with Gasteiger partial charge in [-0.1, -0.05) is 30.0 Å². The van der Waals surface area contributed by atoms with E-state index in [4.69, 9.17) is 4.42 Å². The zero-order valence-corrected chi connectivity index (χ0v) is 16.8. The minimum Gasteiger partial charge on any atom is -0.467 e. The van der Waals surface area contributed by atoms with Gasteiger partial charge in [0, 0.05) is 28.7 Å². The minimum atomic E-state index is -0.166. The highest BCUT2D eigenvalue weighted by molar-refractivity contribution is 7.99. The van der Waals surface area contributed by atoms with E-state index in [1.165, 1.54) is 11.8 Å². The summed E-state index contributed by atoms with van der Waals surface area (Å²) in [5.41, 5.74) is 2.12. The molecule has 0 bridgehead atoms. The normalized spacial score (nSPS) is 14.9. The molecule has 148 valence electrons. The van der Waals surface area contributed by atoms with Crippen LogP contribution in [-0.2, 0) is 4.79 Å². The predicted molar refractivity (Wildman–Crippen MR) is 112 cm³/mol. The molecular weight excluding hydrogens is 386 g/mol. The number of aromatic amines is 1. The molecule has 1 amide bonds. The summed E-state index contributed by atoms with van der Waals surface area (Å²) >= 11 is 1.42. The first-order valence-electron chi connectivity index (χ1n) is 9.67. The Morgan fingerprint density at radius 3 is 2.97 bits per heavy atom. The number of rotatable bonds is 7. The summed E-state index contributed by atoms with van der Waals surface area (Å²) in [6, 6.07) is 12.1. The van der Waals surface area contributed by atoms with Crippen LogP contribution in [0.15, 0.2) is 58.4 Å². The van der Waals surface area contributed by atoms with E-state index in [-0.39, 0.29) is 17.7 Å². The molecule has 0 radical (unpaired) electrons. The lowest BCUT2D eigenvalue weighted by Crippen LogP contribution is -2.28. The highest BCUT2D eigenvalue weighted by atomic mass is 32.2. The summed E-state index contributed by atoms with van der Waals surface area (Å²) in [4.78, 5) is 15.7. The highest BCUT2D eigenvalue weighted by Crippen LogP contribution is 2.42. The number of nitrogens with one attached hydrogen (secondary N) is 2. The number of hydrogen-bond donors (Lipinski definition) is 2. The van der Waals surface area contributed by atoms with Crippen LogP contribution in [0, 0.1) is 0 Å². The molecule has 1 saturated carbocycles. The fraction of sp³-hybridized carbons (Fsp3) is 0.286. The molecule has 29 heavy (non-hydrogen) atoms. The van der Waals surface area contributed by atoms with Crippen molar-refractivity contribution in [3.63, 3.8) is 0 Å². The van der Waals surface area contributed by atoms with Crippen LogP contribution in [-0.4, -0.2) is 31.4 Å². The van der Waals surface area contributed by atoms with Crippen molar-refractivity contribution in [3.8, 4) is 11.4 Å². The maximum absolute atomic E-state index is 12.4. The lowest BCUT2D eigenvalue weighted by Gasteiger charge is -2.11. The third-order valence-corrected chi connectivity index (χ3v) is 6.03. The van der Waals surface area contributed by atoms with Crippen LogP contribution in [0.1, 0.15) is 37.6 Å². The number of carbonyl (C=O) groups excluding carboxylic acids is 1. The van der Waals surface area contributed by atoms with E-state index < -0.39 is 0 Å². The number of hydrogen-bond acceptors (Lipinski definition) is 5. The number of amides is 1. The summed E-state index contributed by atoms with van der Waals surface area (Å²) in [5, 5.41) is 13.8. The Bertz CT molecular complexity index is 1140. The Morgan fingerprint density at radius 2 is 2.17 bits per heavy atom. The fourth-order valence-electron chi connectivity index (χ4n) is 3.50. The van der Waals surface area contributed by atoms with E-state index in [1.54, 1.807) is 6.26 Å². The van der Waals surface area contributed by atoms with E-state index in [1.807, 2.05) is 37.4 Å². The molecule has 1 aromatic carbocycles. The molecule has 0 spiro atoms. The number of para-hydroxylation sites is 1. The van der Waals surface area contributed by atoms with E-state index in [0.717, 1.165) is 46.0 Å². The van der Waals surface area contributed by atoms with Crippen molar-refractivity contribution in [1.29, 1.82) is 0 Å². The van der Waals surface area contributed by atoms with Crippen LogP contribution < -0.4 is 5.32 Å². The van der Waals surface area contributed by atoms with Crippen molar-refractivity contribution < 1.29 is 9.21 Å². The zero-order chi connectivity index (χ0) is 19.8. The Morgan fingerprint density at radius 1 is 1.31 bits per heavy atom. The first-order valence-corrected chi connectivity index (χ1v) is 10.7. The number of aromatic nitrogens is 4. The molecule has 0 aliphatic heterocycles. The number of carbonyl (C=O) groups is 1. The Labute approximate surface area is 171 Å². The summed E-state index contributed by atoms with van der Waals surface area (Å²) in [6.07, 6.45) is 5.82. The van der Waals surface area contributed by atoms with Crippen molar-refractivity contribution >= 4 is 28.6 Å². The molecule has 8 heteroatoms. The molecule has 7 nitrogen and oxygen atoms in total. The Hall–Kier alpha value is -3.00. The van der Waals surface area contributed by atoms with Gasteiger partial charge in [-0.3, -0.25) is 9.36 Å². The van der Waals surface area contributed by atoms with Gasteiger partial charge in [0.25, 0.3) is 0 Å². The number of thioether (sulfide) groups is 1. The molecule has 0 unspecified atom stereocenters. The molecule has 1 aliphatic rings. The summed E-state index contributed by atoms with van der Waals surface area (Å²) in [7, 11) is 0. The van der Waals surface area contributed by atoms with Gasteiger partial charge >= 0.3 is 0 Å². The number of furan rings is 1. The molecule has 4 aromatic rings. The van der Waals surface area contributed by atoms with Gasteiger partial charge in [0.2, 0.25) is 5.91 Å². The third kappa shape index (κ3) is 3.55.